The van der Waals surface area contributed by atoms with Crippen LogP contribution in [0, 0.1) is 0 Å². The van der Waals surface area contributed by atoms with Crippen LogP contribution >= 0.6 is 0 Å². The maximum absolute atomic E-state index is 5.52. The van der Waals surface area contributed by atoms with Crippen LogP contribution in [0.5, 0.6) is 0 Å². The van der Waals surface area contributed by atoms with Crippen LogP contribution in [-0.2, 0) is 7.58 Å². The molecule has 0 rings (SSSR count). The molecule has 0 amide bonds. The van der Waals surface area contributed by atoms with E-state index in [2.05, 4.69) is 0 Å². The van der Waals surface area contributed by atoms with Crippen molar-refractivity contribution in [1.29, 1.82) is 0 Å². The molecule has 0 spiro atoms. The molecule has 0 heterocycles. The van der Waals surface area contributed by atoms with E-state index < -0.39 is 15.9 Å². The van der Waals surface area contributed by atoms with Gasteiger partial charge in [-0.1, -0.05) is 0 Å². The van der Waals surface area contributed by atoms with E-state index in [1.807, 2.05) is 41.5 Å². The van der Waals surface area contributed by atoms with Crippen LogP contribution in [0.3, 0.4) is 0 Å². The summed E-state index contributed by atoms with van der Waals surface area (Å²) in [6, 6.07) is 0. The van der Waals surface area contributed by atoms with Crippen molar-refractivity contribution in [2.75, 3.05) is 0 Å². The normalized spacial score (nSPS) is 12.2. The molecule has 0 aliphatic rings. The molecule has 12 heavy (non-hydrogen) atoms. The van der Waals surface area contributed by atoms with Crippen LogP contribution in [0.1, 0.15) is 41.5 Å². The van der Waals surface area contributed by atoms with Gasteiger partial charge in [0.1, 0.15) is 0 Å². The van der Waals surface area contributed by atoms with E-state index in [1.54, 1.807) is 0 Å². The van der Waals surface area contributed by atoms with Crippen LogP contribution in [0.4, 0.5) is 0 Å². The van der Waals surface area contributed by atoms with Crippen LogP contribution in [0.2, 0.25) is 0 Å². The van der Waals surface area contributed by atoms with E-state index in [0.29, 0.717) is 0 Å². The summed E-state index contributed by atoms with van der Waals surface area (Å²) in [5.74, 6) is 0. The molecule has 0 aromatic heterocycles. The summed E-state index contributed by atoms with van der Waals surface area (Å²) in [7, 11) is 0. The average molecular weight is 181 g/mol. The first kappa shape index (κ1) is 15.5. The third kappa shape index (κ3) is 13.6. The van der Waals surface area contributed by atoms with Gasteiger partial charge in [-0.2, -0.15) is 0 Å². The Morgan fingerprint density at radius 1 is 0.750 bits per heavy atom. The molecule has 0 aliphatic heterocycles. The monoisotopic (exact) mass is 181 g/mol. The first-order valence-corrected chi connectivity index (χ1v) is 5.14. The van der Waals surface area contributed by atoms with E-state index in [1.165, 1.54) is 0 Å². The Kier molecular flexibility index (Phi) is 7.39. The van der Waals surface area contributed by atoms with Gasteiger partial charge in [-0.15, -0.1) is 0 Å². The van der Waals surface area contributed by atoms with Crippen LogP contribution in [0.15, 0.2) is 0 Å². The minimum absolute atomic E-state index is 0. The van der Waals surface area contributed by atoms with Crippen LogP contribution in [-0.4, -0.2) is 45.9 Å². The predicted octanol–water partition coefficient (Wildman–Crippen LogP) is 1.50. The van der Waals surface area contributed by atoms with Gasteiger partial charge in [0.2, 0.25) is 0 Å². The molecular weight excluding hydrogens is 162 g/mol. The summed E-state index contributed by atoms with van der Waals surface area (Å²) in [4.78, 5) is 0. The molecule has 2 nitrogen and oxygen atoms in total. The maximum atomic E-state index is 5.52. The first-order chi connectivity index (χ1) is 4.71. The SMILES string of the molecule is CC(C)(C)[O][AlH][O]C(C)(C)C.[Li]. The molecule has 0 N–H and O–H groups in total. The molecule has 1 radical (unpaired) electrons. The zero-order valence-corrected chi connectivity index (χ0v) is 10.9. The zero-order valence-electron chi connectivity index (χ0n) is 9.52. The van der Waals surface area contributed by atoms with Crippen molar-refractivity contribution in [1.82, 2.24) is 0 Å². The van der Waals surface area contributed by atoms with Crippen LogP contribution in [0.25, 0.3) is 0 Å². The van der Waals surface area contributed by atoms with Crippen molar-refractivity contribution in [3.05, 3.63) is 0 Å². The molecule has 0 aliphatic carbocycles. The van der Waals surface area contributed by atoms with Crippen molar-refractivity contribution in [3.63, 3.8) is 0 Å². The molecule has 0 atom stereocenters. The van der Waals surface area contributed by atoms with Gasteiger partial charge >= 0.3 is 15.9 Å². The van der Waals surface area contributed by atoms with E-state index in [-0.39, 0.29) is 30.1 Å². The standard InChI is InChI=1S/2C4H9O.Al.Li.H/c2*1-4(2,3)5;;;/h2*1-3H3;;;/q2*-1;+2;;. The van der Waals surface area contributed by atoms with Crippen molar-refractivity contribution in [3.8, 4) is 0 Å². The van der Waals surface area contributed by atoms with E-state index in [0.717, 1.165) is 0 Å². The van der Waals surface area contributed by atoms with Crippen molar-refractivity contribution in [2.45, 2.75) is 52.7 Å². The fourth-order valence-electron chi connectivity index (χ4n) is 0.383. The van der Waals surface area contributed by atoms with Gasteiger partial charge < -0.3 is 7.58 Å². The second-order valence-corrected chi connectivity index (χ2v) is 5.44. The summed E-state index contributed by atoms with van der Waals surface area (Å²) >= 11 is -0.797. The van der Waals surface area contributed by atoms with Gasteiger partial charge in [0.25, 0.3) is 0 Å². The molecule has 0 bridgehead atoms. The summed E-state index contributed by atoms with van der Waals surface area (Å²) in [5, 5.41) is 0. The third-order valence-corrected chi connectivity index (χ3v) is 2.95. The Balaban J connectivity index is 0. The Hall–Kier alpha value is 1.05. The molecule has 0 aromatic carbocycles. The second kappa shape index (κ2) is 5.71. The molecule has 0 saturated heterocycles. The number of rotatable bonds is 2. The largest absolute Gasteiger partial charge is 0.650 e. The fourth-order valence-corrected chi connectivity index (χ4v) is 1.15. The summed E-state index contributed by atoms with van der Waals surface area (Å²) < 4.78 is 11.0. The quantitative estimate of drug-likeness (QED) is 0.601. The maximum Gasteiger partial charge on any atom is 0.650 e. The molecular formula is C8H19AlLiO2. The molecule has 67 valence electrons. The second-order valence-electron chi connectivity index (χ2n) is 4.63. The third-order valence-electron chi connectivity index (χ3n) is 0.984. The molecule has 0 fully saturated rings. The van der Waals surface area contributed by atoms with E-state index >= 15 is 0 Å². The summed E-state index contributed by atoms with van der Waals surface area (Å²) in [6.07, 6.45) is 0. The van der Waals surface area contributed by atoms with Gasteiger partial charge in [0.15, 0.2) is 0 Å². The summed E-state index contributed by atoms with van der Waals surface area (Å²) in [5.41, 5.74) is -0.0883. The van der Waals surface area contributed by atoms with Crippen molar-refractivity contribution >= 4 is 34.7 Å². The van der Waals surface area contributed by atoms with Gasteiger partial charge in [-0.25, -0.2) is 0 Å². The molecule has 0 saturated carbocycles. The van der Waals surface area contributed by atoms with E-state index in [9.17, 15) is 0 Å². The topological polar surface area (TPSA) is 18.5 Å². The molecule has 0 aromatic rings. The van der Waals surface area contributed by atoms with Crippen molar-refractivity contribution < 1.29 is 7.58 Å². The fraction of sp³-hybridized carbons (Fsp3) is 1.00. The smallest absolute Gasteiger partial charge is 0.477 e. The van der Waals surface area contributed by atoms with Gasteiger partial charge in [0, 0.05) is 30.1 Å². The van der Waals surface area contributed by atoms with Crippen molar-refractivity contribution in [2.24, 2.45) is 0 Å². The van der Waals surface area contributed by atoms with Gasteiger partial charge in [-0.3, -0.25) is 0 Å². The van der Waals surface area contributed by atoms with E-state index in [4.69, 9.17) is 7.58 Å². The van der Waals surface area contributed by atoms with Gasteiger partial charge in [0.05, 0.1) is 0 Å². The summed E-state index contributed by atoms with van der Waals surface area (Å²) in [6.45, 7) is 12.3. The Bertz CT molecular complexity index is 101. The Labute approximate surface area is 94.9 Å². The molecule has 4 heteroatoms. The first-order valence-electron chi connectivity index (χ1n) is 3.99. The van der Waals surface area contributed by atoms with Crippen LogP contribution < -0.4 is 0 Å². The molecule has 0 unspecified atom stereocenters. The van der Waals surface area contributed by atoms with Gasteiger partial charge in [-0.05, 0) is 41.5 Å². The number of hydrogen-bond donors (Lipinski definition) is 0. The minimum atomic E-state index is -0.797. The minimum Gasteiger partial charge on any atom is -0.477 e. The number of hydrogen-bond acceptors (Lipinski definition) is 2. The Morgan fingerprint density at radius 3 is 1.17 bits per heavy atom. The predicted molar refractivity (Wildman–Crippen MR) is 54.6 cm³/mol. The zero-order chi connectivity index (χ0) is 9.12. The Morgan fingerprint density at radius 2 is 1.00 bits per heavy atom. The average Bonchev–Trinajstić information content (AvgIpc) is 1.55.